The van der Waals surface area contributed by atoms with E-state index in [1.807, 2.05) is 17.0 Å². The van der Waals surface area contributed by atoms with Crippen LogP contribution in [-0.4, -0.2) is 80.3 Å². The highest BCUT2D eigenvalue weighted by atomic mass is 16.5. The average molecular weight is 344 g/mol. The molecule has 3 saturated heterocycles. The van der Waals surface area contributed by atoms with Crippen LogP contribution in [0.15, 0.2) is 24.3 Å². The van der Waals surface area contributed by atoms with Gasteiger partial charge in [0.2, 0.25) is 0 Å². The summed E-state index contributed by atoms with van der Waals surface area (Å²) in [5, 5.41) is 3.33. The van der Waals surface area contributed by atoms with E-state index >= 15 is 0 Å². The monoisotopic (exact) mass is 344 g/mol. The molecule has 25 heavy (non-hydrogen) atoms. The van der Waals surface area contributed by atoms with Gasteiger partial charge in [0.15, 0.2) is 0 Å². The zero-order chi connectivity index (χ0) is 17.2. The van der Waals surface area contributed by atoms with Crippen molar-refractivity contribution in [2.24, 2.45) is 5.73 Å². The lowest BCUT2D eigenvalue weighted by atomic mass is 9.86. The summed E-state index contributed by atoms with van der Waals surface area (Å²) in [6.07, 6.45) is 1.06. The van der Waals surface area contributed by atoms with Crippen LogP contribution in [0.4, 0.5) is 0 Å². The summed E-state index contributed by atoms with van der Waals surface area (Å²) in [4.78, 5) is 17.2. The number of amides is 1. The largest absolute Gasteiger partial charge is 0.378 e. The van der Waals surface area contributed by atoms with Gasteiger partial charge in [0.05, 0.1) is 19.3 Å². The number of piperidine rings is 1. The average Bonchev–Trinajstić information content (AvgIpc) is 2.61. The van der Waals surface area contributed by atoms with Gasteiger partial charge < -0.3 is 20.7 Å². The minimum atomic E-state index is 0.144. The van der Waals surface area contributed by atoms with Gasteiger partial charge in [0.25, 0.3) is 5.91 Å². The van der Waals surface area contributed by atoms with E-state index in [0.29, 0.717) is 12.0 Å². The van der Waals surface area contributed by atoms with Crippen molar-refractivity contribution in [2.75, 3.05) is 52.5 Å². The summed E-state index contributed by atoms with van der Waals surface area (Å²) in [5.74, 6) is 0.532. The number of ether oxygens (including phenoxy) is 1. The maximum Gasteiger partial charge on any atom is 0.253 e. The van der Waals surface area contributed by atoms with E-state index < -0.39 is 0 Å². The van der Waals surface area contributed by atoms with Crippen LogP contribution in [-0.2, 0) is 4.74 Å². The summed E-state index contributed by atoms with van der Waals surface area (Å²) in [5.41, 5.74) is 8.26. The van der Waals surface area contributed by atoms with E-state index in [-0.39, 0.29) is 11.9 Å². The fraction of sp³-hybridized carbons (Fsp3) is 0.632. The summed E-state index contributed by atoms with van der Waals surface area (Å²) in [6.45, 7) is 7.05. The number of nitrogens with two attached hydrogens (primary N) is 1. The van der Waals surface area contributed by atoms with Crippen LogP contribution in [0.3, 0.4) is 0 Å². The molecule has 0 spiro atoms. The predicted molar refractivity (Wildman–Crippen MR) is 96.7 cm³/mol. The lowest BCUT2D eigenvalue weighted by molar-refractivity contribution is -0.0746. The van der Waals surface area contributed by atoms with Crippen LogP contribution >= 0.6 is 0 Å². The molecule has 3 heterocycles. The molecule has 1 aromatic rings. The van der Waals surface area contributed by atoms with Gasteiger partial charge in [0.1, 0.15) is 0 Å². The molecule has 6 nitrogen and oxygen atoms in total. The Hall–Kier alpha value is -1.47. The molecule has 2 atom stereocenters. The first-order valence-corrected chi connectivity index (χ1v) is 9.40. The van der Waals surface area contributed by atoms with Gasteiger partial charge in [-0.3, -0.25) is 9.69 Å². The summed E-state index contributed by atoms with van der Waals surface area (Å²) in [7, 11) is 0. The first-order chi connectivity index (χ1) is 12.2. The van der Waals surface area contributed by atoms with Crippen LogP contribution in [0, 0.1) is 0 Å². The van der Waals surface area contributed by atoms with Crippen LogP contribution < -0.4 is 11.1 Å². The quantitative estimate of drug-likeness (QED) is 0.822. The molecule has 136 valence electrons. The van der Waals surface area contributed by atoms with Crippen molar-refractivity contribution < 1.29 is 9.53 Å². The van der Waals surface area contributed by atoms with Gasteiger partial charge >= 0.3 is 0 Å². The molecule has 4 rings (SSSR count). The van der Waals surface area contributed by atoms with Crippen LogP contribution in [0.25, 0.3) is 0 Å². The molecular weight excluding hydrogens is 316 g/mol. The van der Waals surface area contributed by atoms with Gasteiger partial charge in [-0.1, -0.05) is 12.1 Å². The summed E-state index contributed by atoms with van der Waals surface area (Å²) in [6, 6.07) is 8.83. The zero-order valence-electron chi connectivity index (χ0n) is 14.7. The molecule has 3 fully saturated rings. The molecule has 0 aromatic heterocycles. The lowest BCUT2D eigenvalue weighted by Gasteiger charge is -2.42. The van der Waals surface area contributed by atoms with Crippen molar-refractivity contribution in [2.45, 2.75) is 24.4 Å². The smallest absolute Gasteiger partial charge is 0.253 e. The maximum atomic E-state index is 12.8. The topological polar surface area (TPSA) is 70.8 Å². The molecule has 1 aromatic carbocycles. The van der Waals surface area contributed by atoms with Gasteiger partial charge in [-0.05, 0) is 30.7 Å². The van der Waals surface area contributed by atoms with E-state index in [4.69, 9.17) is 10.5 Å². The van der Waals surface area contributed by atoms with E-state index in [9.17, 15) is 4.79 Å². The Morgan fingerprint density at radius 2 is 1.84 bits per heavy atom. The van der Waals surface area contributed by atoms with Gasteiger partial charge in [0, 0.05) is 50.2 Å². The molecule has 0 bridgehead atoms. The number of nitrogens with one attached hydrogen (secondary N) is 1. The number of piperazine rings is 1. The van der Waals surface area contributed by atoms with Gasteiger partial charge in [-0.15, -0.1) is 0 Å². The van der Waals surface area contributed by atoms with Crippen LogP contribution in [0.1, 0.15) is 28.3 Å². The SMILES string of the molecule is NC1CNCCC1c1ccc(C(=O)N2CCN(C3COC3)CC2)cc1. The normalized spacial score (nSPS) is 28.6. The third kappa shape index (κ3) is 3.58. The van der Waals surface area contributed by atoms with Crippen molar-refractivity contribution in [1.82, 2.24) is 15.1 Å². The van der Waals surface area contributed by atoms with Crippen molar-refractivity contribution in [3.05, 3.63) is 35.4 Å². The van der Waals surface area contributed by atoms with Gasteiger partial charge in [-0.25, -0.2) is 0 Å². The first-order valence-electron chi connectivity index (χ1n) is 9.40. The Morgan fingerprint density at radius 3 is 2.44 bits per heavy atom. The second-order valence-electron chi connectivity index (χ2n) is 7.40. The molecular formula is C19H28N4O2. The molecule has 0 radical (unpaired) electrons. The molecule has 0 aliphatic carbocycles. The molecule has 3 aliphatic heterocycles. The number of hydrogen-bond donors (Lipinski definition) is 2. The Kier molecular flexibility index (Phi) is 5.03. The second kappa shape index (κ2) is 7.41. The third-order valence-corrected chi connectivity index (χ3v) is 5.85. The minimum Gasteiger partial charge on any atom is -0.378 e. The molecule has 3 aliphatic rings. The van der Waals surface area contributed by atoms with Crippen LogP contribution in [0.5, 0.6) is 0 Å². The highest BCUT2D eigenvalue weighted by Crippen LogP contribution is 2.25. The summed E-state index contributed by atoms with van der Waals surface area (Å²) >= 11 is 0. The number of hydrogen-bond acceptors (Lipinski definition) is 5. The van der Waals surface area contributed by atoms with E-state index in [0.717, 1.165) is 64.5 Å². The number of benzene rings is 1. The first kappa shape index (κ1) is 17.0. The molecule has 0 saturated carbocycles. The maximum absolute atomic E-state index is 12.8. The third-order valence-electron chi connectivity index (χ3n) is 5.85. The van der Waals surface area contributed by atoms with Crippen molar-refractivity contribution >= 4 is 5.91 Å². The van der Waals surface area contributed by atoms with Crippen molar-refractivity contribution in [1.29, 1.82) is 0 Å². The lowest BCUT2D eigenvalue weighted by Crippen LogP contribution is -2.57. The Bertz CT molecular complexity index is 594. The van der Waals surface area contributed by atoms with E-state index in [1.54, 1.807) is 0 Å². The number of rotatable bonds is 3. The van der Waals surface area contributed by atoms with E-state index in [1.165, 1.54) is 5.56 Å². The number of nitrogens with zero attached hydrogens (tertiary/aromatic N) is 2. The Morgan fingerprint density at radius 1 is 1.12 bits per heavy atom. The fourth-order valence-electron chi connectivity index (χ4n) is 4.08. The molecule has 1 amide bonds. The second-order valence-corrected chi connectivity index (χ2v) is 7.40. The minimum absolute atomic E-state index is 0.144. The molecule has 2 unspecified atom stereocenters. The van der Waals surface area contributed by atoms with Crippen LogP contribution in [0.2, 0.25) is 0 Å². The van der Waals surface area contributed by atoms with Crippen molar-refractivity contribution in [3.63, 3.8) is 0 Å². The predicted octanol–water partition coefficient (Wildman–Crippen LogP) is 0.247. The Labute approximate surface area is 149 Å². The molecule has 3 N–H and O–H groups in total. The highest BCUT2D eigenvalue weighted by molar-refractivity contribution is 5.94. The summed E-state index contributed by atoms with van der Waals surface area (Å²) < 4.78 is 5.27. The standard InChI is InChI=1S/C19H28N4O2/c20-18-11-21-6-5-17(18)14-1-3-15(4-2-14)19(24)23-9-7-22(8-10-23)16-12-25-13-16/h1-4,16-18,21H,5-13,20H2. The van der Waals surface area contributed by atoms with Gasteiger partial charge in [-0.2, -0.15) is 0 Å². The number of carbonyl (C=O) groups excluding carboxylic acids is 1. The zero-order valence-corrected chi connectivity index (χ0v) is 14.7. The van der Waals surface area contributed by atoms with E-state index in [2.05, 4.69) is 22.3 Å². The highest BCUT2D eigenvalue weighted by Gasteiger charge is 2.30. The Balaban J connectivity index is 1.36. The molecule has 6 heteroatoms. The van der Waals surface area contributed by atoms with Crippen molar-refractivity contribution in [3.8, 4) is 0 Å². The number of carbonyl (C=O) groups is 1. The fourth-order valence-corrected chi connectivity index (χ4v) is 4.08.